The predicted molar refractivity (Wildman–Crippen MR) is 72.7 cm³/mol. The van der Waals surface area contributed by atoms with Gasteiger partial charge in [-0.15, -0.1) is 0 Å². The molecule has 0 aliphatic carbocycles. The first-order valence-corrected chi connectivity index (χ1v) is 6.92. The van der Waals surface area contributed by atoms with Gasteiger partial charge in [-0.25, -0.2) is 0 Å². The van der Waals surface area contributed by atoms with Crippen molar-refractivity contribution >= 4 is 5.91 Å². The molecule has 1 amide bonds. The molecule has 5 nitrogen and oxygen atoms in total. The molecule has 1 aliphatic heterocycles. The van der Waals surface area contributed by atoms with Crippen molar-refractivity contribution in [3.63, 3.8) is 0 Å². The standard InChI is InChI=1S/C13H27N3O2/c1-4-16(5-2)13(17)12-15-8-6-14(7-9-15)10-11-18-3/h4-12H2,1-3H3. The summed E-state index contributed by atoms with van der Waals surface area (Å²) in [5, 5.41) is 0. The highest BCUT2D eigenvalue weighted by Crippen LogP contribution is 2.02. The normalized spacial score (nSPS) is 17.9. The van der Waals surface area contributed by atoms with Crippen LogP contribution in [0.3, 0.4) is 0 Å². The Morgan fingerprint density at radius 1 is 1.11 bits per heavy atom. The largest absolute Gasteiger partial charge is 0.383 e. The van der Waals surface area contributed by atoms with E-state index < -0.39 is 0 Å². The fraction of sp³-hybridized carbons (Fsp3) is 0.923. The first-order chi connectivity index (χ1) is 8.71. The van der Waals surface area contributed by atoms with Crippen LogP contribution in [0.15, 0.2) is 0 Å². The summed E-state index contributed by atoms with van der Waals surface area (Å²) in [6.07, 6.45) is 0. The SMILES string of the molecule is CCN(CC)C(=O)CN1CCN(CCOC)CC1. The van der Waals surface area contributed by atoms with E-state index in [1.165, 1.54) is 0 Å². The van der Waals surface area contributed by atoms with Gasteiger partial charge in [0.15, 0.2) is 0 Å². The van der Waals surface area contributed by atoms with Crippen molar-refractivity contribution in [2.75, 3.05) is 66.1 Å². The summed E-state index contributed by atoms with van der Waals surface area (Å²) >= 11 is 0. The number of nitrogens with zero attached hydrogens (tertiary/aromatic N) is 3. The molecule has 0 unspecified atom stereocenters. The fourth-order valence-corrected chi connectivity index (χ4v) is 2.26. The second-order valence-corrected chi connectivity index (χ2v) is 4.68. The van der Waals surface area contributed by atoms with E-state index in [1.54, 1.807) is 7.11 Å². The zero-order valence-electron chi connectivity index (χ0n) is 12.0. The third-order valence-electron chi connectivity index (χ3n) is 3.55. The molecule has 5 heteroatoms. The van der Waals surface area contributed by atoms with Crippen LogP contribution in [0, 0.1) is 0 Å². The van der Waals surface area contributed by atoms with Crippen molar-refractivity contribution < 1.29 is 9.53 Å². The Morgan fingerprint density at radius 2 is 1.67 bits per heavy atom. The zero-order valence-corrected chi connectivity index (χ0v) is 12.0. The monoisotopic (exact) mass is 257 g/mol. The third kappa shape index (κ3) is 4.92. The van der Waals surface area contributed by atoms with E-state index in [1.807, 2.05) is 18.7 Å². The van der Waals surface area contributed by atoms with Crippen LogP contribution >= 0.6 is 0 Å². The van der Waals surface area contributed by atoms with Crippen molar-refractivity contribution in [2.45, 2.75) is 13.8 Å². The Labute approximate surface area is 111 Å². The molecule has 0 saturated carbocycles. The molecule has 0 radical (unpaired) electrons. The Bertz CT molecular complexity index is 236. The molecular weight excluding hydrogens is 230 g/mol. The molecule has 1 fully saturated rings. The molecule has 1 aliphatic rings. The number of methoxy groups -OCH3 is 1. The summed E-state index contributed by atoms with van der Waals surface area (Å²) in [7, 11) is 1.74. The molecule has 1 heterocycles. The topological polar surface area (TPSA) is 36.0 Å². The Kier molecular flexibility index (Phi) is 7.23. The van der Waals surface area contributed by atoms with E-state index >= 15 is 0 Å². The van der Waals surface area contributed by atoms with Gasteiger partial charge in [0.2, 0.25) is 5.91 Å². The highest BCUT2D eigenvalue weighted by Gasteiger charge is 2.20. The summed E-state index contributed by atoms with van der Waals surface area (Å²) in [5.74, 6) is 0.255. The molecule has 0 aromatic carbocycles. The fourth-order valence-electron chi connectivity index (χ4n) is 2.26. The van der Waals surface area contributed by atoms with E-state index in [9.17, 15) is 4.79 Å². The summed E-state index contributed by atoms with van der Waals surface area (Å²) in [4.78, 5) is 18.5. The average molecular weight is 257 g/mol. The second kappa shape index (κ2) is 8.45. The number of hydrogen-bond acceptors (Lipinski definition) is 4. The van der Waals surface area contributed by atoms with Gasteiger partial charge < -0.3 is 9.64 Å². The van der Waals surface area contributed by atoms with Crippen LogP contribution in [0.25, 0.3) is 0 Å². The molecule has 0 N–H and O–H groups in total. The number of amides is 1. The zero-order chi connectivity index (χ0) is 13.4. The number of likely N-dealkylation sites (N-methyl/N-ethyl adjacent to an activating group) is 1. The second-order valence-electron chi connectivity index (χ2n) is 4.68. The first-order valence-electron chi connectivity index (χ1n) is 6.92. The lowest BCUT2D eigenvalue weighted by molar-refractivity contribution is -0.132. The summed E-state index contributed by atoms with van der Waals surface area (Å²) in [6.45, 7) is 12.1. The number of rotatable bonds is 7. The van der Waals surface area contributed by atoms with Gasteiger partial charge in [0.05, 0.1) is 13.2 Å². The van der Waals surface area contributed by atoms with E-state index in [2.05, 4.69) is 9.80 Å². The molecule has 0 aromatic heterocycles. The van der Waals surface area contributed by atoms with Crippen molar-refractivity contribution in [1.29, 1.82) is 0 Å². The minimum Gasteiger partial charge on any atom is -0.383 e. The number of carbonyl (C=O) groups excluding carboxylic acids is 1. The van der Waals surface area contributed by atoms with Gasteiger partial charge in [-0.05, 0) is 13.8 Å². The van der Waals surface area contributed by atoms with Gasteiger partial charge in [-0.1, -0.05) is 0 Å². The highest BCUT2D eigenvalue weighted by atomic mass is 16.5. The van der Waals surface area contributed by atoms with E-state index in [0.29, 0.717) is 6.54 Å². The summed E-state index contributed by atoms with van der Waals surface area (Å²) < 4.78 is 5.08. The van der Waals surface area contributed by atoms with E-state index in [-0.39, 0.29) is 5.91 Å². The predicted octanol–water partition coefficient (Wildman–Crippen LogP) is 0.119. The highest BCUT2D eigenvalue weighted by molar-refractivity contribution is 5.78. The van der Waals surface area contributed by atoms with Gasteiger partial charge >= 0.3 is 0 Å². The lowest BCUT2D eigenvalue weighted by atomic mass is 10.3. The van der Waals surface area contributed by atoms with Crippen molar-refractivity contribution in [3.8, 4) is 0 Å². The smallest absolute Gasteiger partial charge is 0.236 e. The molecule has 1 rings (SSSR count). The third-order valence-corrected chi connectivity index (χ3v) is 3.55. The number of hydrogen-bond donors (Lipinski definition) is 0. The van der Waals surface area contributed by atoms with Gasteiger partial charge in [-0.2, -0.15) is 0 Å². The minimum absolute atomic E-state index is 0.255. The van der Waals surface area contributed by atoms with Crippen LogP contribution in [0.5, 0.6) is 0 Å². The first kappa shape index (κ1) is 15.4. The van der Waals surface area contributed by atoms with Crippen LogP contribution in [0.2, 0.25) is 0 Å². The summed E-state index contributed by atoms with van der Waals surface area (Å²) in [6, 6.07) is 0. The molecule has 18 heavy (non-hydrogen) atoms. The minimum atomic E-state index is 0.255. The van der Waals surface area contributed by atoms with Crippen molar-refractivity contribution in [1.82, 2.24) is 14.7 Å². The molecule has 0 aromatic rings. The van der Waals surface area contributed by atoms with Crippen LogP contribution < -0.4 is 0 Å². The number of ether oxygens (including phenoxy) is 1. The Morgan fingerprint density at radius 3 is 2.17 bits per heavy atom. The van der Waals surface area contributed by atoms with Crippen LogP contribution in [-0.4, -0.2) is 86.7 Å². The molecule has 106 valence electrons. The van der Waals surface area contributed by atoms with Crippen molar-refractivity contribution in [2.24, 2.45) is 0 Å². The van der Waals surface area contributed by atoms with E-state index in [0.717, 1.165) is 52.4 Å². The molecule has 1 saturated heterocycles. The molecule has 0 spiro atoms. The summed E-state index contributed by atoms with van der Waals surface area (Å²) in [5.41, 5.74) is 0. The maximum atomic E-state index is 12.0. The van der Waals surface area contributed by atoms with Gasteiger partial charge in [0.1, 0.15) is 0 Å². The molecule has 0 atom stereocenters. The quantitative estimate of drug-likeness (QED) is 0.649. The van der Waals surface area contributed by atoms with Gasteiger partial charge in [-0.3, -0.25) is 14.6 Å². The Hall–Kier alpha value is -0.650. The molecule has 0 bridgehead atoms. The maximum Gasteiger partial charge on any atom is 0.236 e. The van der Waals surface area contributed by atoms with Crippen molar-refractivity contribution in [3.05, 3.63) is 0 Å². The lowest BCUT2D eigenvalue weighted by Gasteiger charge is -2.35. The van der Waals surface area contributed by atoms with E-state index in [4.69, 9.17) is 4.74 Å². The maximum absolute atomic E-state index is 12.0. The van der Waals surface area contributed by atoms with Crippen LogP contribution in [-0.2, 0) is 9.53 Å². The number of carbonyl (C=O) groups is 1. The van der Waals surface area contributed by atoms with Gasteiger partial charge in [0.25, 0.3) is 0 Å². The molecular formula is C13H27N3O2. The van der Waals surface area contributed by atoms with Crippen LogP contribution in [0.1, 0.15) is 13.8 Å². The average Bonchev–Trinajstić information content (AvgIpc) is 2.39. The van der Waals surface area contributed by atoms with Crippen LogP contribution in [0.4, 0.5) is 0 Å². The van der Waals surface area contributed by atoms with Gasteiger partial charge in [0, 0.05) is 52.9 Å². The number of piperazine rings is 1. The lowest BCUT2D eigenvalue weighted by Crippen LogP contribution is -2.50. The Balaban J connectivity index is 2.24.